The van der Waals surface area contributed by atoms with Crippen molar-refractivity contribution in [2.75, 3.05) is 20.0 Å². The van der Waals surface area contributed by atoms with E-state index in [0.717, 1.165) is 16.9 Å². The van der Waals surface area contributed by atoms with Gasteiger partial charge < -0.3 is 20.1 Å². The molecule has 0 saturated heterocycles. The van der Waals surface area contributed by atoms with E-state index in [1.807, 2.05) is 24.3 Å². The summed E-state index contributed by atoms with van der Waals surface area (Å²) >= 11 is 0. The molecule has 22 heavy (non-hydrogen) atoms. The second kappa shape index (κ2) is 5.60. The van der Waals surface area contributed by atoms with Crippen LogP contribution in [0.2, 0.25) is 0 Å². The van der Waals surface area contributed by atoms with Crippen LogP contribution in [0.4, 0.5) is 5.69 Å². The standard InChI is InChI=1S/C17H18N2O3/c1-21-12-5-3-11(4-6-12)9-19-10-14-13(17(19)20)7-8-15(18)16(14)22-2/h3-8H,9-10,18H2,1-2H3. The van der Waals surface area contributed by atoms with Crippen LogP contribution in [0, 0.1) is 0 Å². The van der Waals surface area contributed by atoms with E-state index < -0.39 is 0 Å². The van der Waals surface area contributed by atoms with Gasteiger partial charge in [-0.1, -0.05) is 12.1 Å². The zero-order valence-corrected chi connectivity index (χ0v) is 12.6. The van der Waals surface area contributed by atoms with Gasteiger partial charge >= 0.3 is 0 Å². The Morgan fingerprint density at radius 3 is 2.45 bits per heavy atom. The second-order valence-corrected chi connectivity index (χ2v) is 5.22. The highest BCUT2D eigenvalue weighted by molar-refractivity contribution is 6.00. The zero-order chi connectivity index (χ0) is 15.7. The number of nitrogen functional groups attached to an aromatic ring is 1. The summed E-state index contributed by atoms with van der Waals surface area (Å²) in [6, 6.07) is 11.2. The van der Waals surface area contributed by atoms with Crippen LogP contribution in [0.15, 0.2) is 36.4 Å². The van der Waals surface area contributed by atoms with E-state index in [9.17, 15) is 4.79 Å². The van der Waals surface area contributed by atoms with Gasteiger partial charge in [0.25, 0.3) is 5.91 Å². The molecule has 0 saturated carbocycles. The second-order valence-electron chi connectivity index (χ2n) is 5.22. The fourth-order valence-corrected chi connectivity index (χ4v) is 2.76. The highest BCUT2D eigenvalue weighted by atomic mass is 16.5. The molecule has 5 heteroatoms. The van der Waals surface area contributed by atoms with Crippen molar-refractivity contribution in [2.24, 2.45) is 0 Å². The number of fused-ring (bicyclic) bond motifs is 1. The Bertz CT molecular complexity index is 711. The molecule has 0 spiro atoms. The molecule has 0 fully saturated rings. The summed E-state index contributed by atoms with van der Waals surface area (Å²) in [4.78, 5) is 14.3. The largest absolute Gasteiger partial charge is 0.497 e. The number of carbonyl (C=O) groups is 1. The summed E-state index contributed by atoms with van der Waals surface area (Å²) in [6.45, 7) is 1.05. The Labute approximate surface area is 129 Å². The normalized spacial score (nSPS) is 13.2. The number of amides is 1. The van der Waals surface area contributed by atoms with Crippen molar-refractivity contribution in [2.45, 2.75) is 13.1 Å². The number of carbonyl (C=O) groups excluding carboxylic acids is 1. The molecule has 1 amide bonds. The summed E-state index contributed by atoms with van der Waals surface area (Å²) < 4.78 is 10.5. The molecule has 0 aromatic heterocycles. The van der Waals surface area contributed by atoms with E-state index in [1.165, 1.54) is 0 Å². The molecule has 0 radical (unpaired) electrons. The number of nitrogens with two attached hydrogens (primary N) is 1. The monoisotopic (exact) mass is 298 g/mol. The molecule has 1 aliphatic heterocycles. The summed E-state index contributed by atoms with van der Waals surface area (Å²) in [5.41, 5.74) is 9.04. The first-order chi connectivity index (χ1) is 10.6. The summed E-state index contributed by atoms with van der Waals surface area (Å²) in [7, 11) is 3.20. The van der Waals surface area contributed by atoms with Crippen molar-refractivity contribution in [3.63, 3.8) is 0 Å². The zero-order valence-electron chi connectivity index (χ0n) is 12.6. The lowest BCUT2D eigenvalue weighted by molar-refractivity contribution is 0.0766. The van der Waals surface area contributed by atoms with Crippen LogP contribution in [-0.4, -0.2) is 25.0 Å². The SMILES string of the molecule is COc1ccc(CN2Cc3c(ccc(N)c3OC)C2=O)cc1. The van der Waals surface area contributed by atoms with Crippen LogP contribution in [0.3, 0.4) is 0 Å². The summed E-state index contributed by atoms with van der Waals surface area (Å²) in [5, 5.41) is 0. The first kappa shape index (κ1) is 14.3. The molecule has 0 aliphatic carbocycles. The van der Waals surface area contributed by atoms with Crippen LogP contribution in [0.5, 0.6) is 11.5 Å². The molecule has 0 atom stereocenters. The van der Waals surface area contributed by atoms with Gasteiger partial charge in [-0.05, 0) is 29.8 Å². The maximum atomic E-state index is 12.5. The van der Waals surface area contributed by atoms with Crippen molar-refractivity contribution in [3.05, 3.63) is 53.1 Å². The lowest BCUT2D eigenvalue weighted by Gasteiger charge is -2.16. The van der Waals surface area contributed by atoms with Gasteiger partial charge in [-0.25, -0.2) is 0 Å². The Morgan fingerprint density at radius 2 is 1.82 bits per heavy atom. The fourth-order valence-electron chi connectivity index (χ4n) is 2.76. The molecule has 1 aliphatic rings. The van der Waals surface area contributed by atoms with Crippen molar-refractivity contribution in [1.29, 1.82) is 0 Å². The van der Waals surface area contributed by atoms with Crippen LogP contribution in [-0.2, 0) is 13.1 Å². The van der Waals surface area contributed by atoms with Crippen molar-refractivity contribution >= 4 is 11.6 Å². The van der Waals surface area contributed by atoms with E-state index in [2.05, 4.69) is 0 Å². The van der Waals surface area contributed by atoms with Crippen molar-refractivity contribution in [3.8, 4) is 11.5 Å². The summed E-state index contributed by atoms with van der Waals surface area (Å²) in [6.07, 6.45) is 0. The number of methoxy groups -OCH3 is 2. The van der Waals surface area contributed by atoms with Crippen LogP contribution >= 0.6 is 0 Å². The molecule has 2 aromatic rings. The van der Waals surface area contributed by atoms with Crippen molar-refractivity contribution in [1.82, 2.24) is 4.90 Å². The molecule has 2 N–H and O–H groups in total. The average Bonchev–Trinajstić information content (AvgIpc) is 2.84. The van der Waals surface area contributed by atoms with E-state index in [4.69, 9.17) is 15.2 Å². The number of anilines is 1. The van der Waals surface area contributed by atoms with Gasteiger partial charge in [0.05, 0.1) is 26.5 Å². The van der Waals surface area contributed by atoms with Crippen molar-refractivity contribution < 1.29 is 14.3 Å². The highest BCUT2D eigenvalue weighted by Gasteiger charge is 2.30. The van der Waals surface area contributed by atoms with Crippen LogP contribution < -0.4 is 15.2 Å². The van der Waals surface area contributed by atoms with Gasteiger partial charge in [0, 0.05) is 17.7 Å². The van der Waals surface area contributed by atoms with Gasteiger partial charge in [0.15, 0.2) is 0 Å². The first-order valence-electron chi connectivity index (χ1n) is 7.01. The molecule has 5 nitrogen and oxygen atoms in total. The van der Waals surface area contributed by atoms with Gasteiger partial charge in [0.1, 0.15) is 11.5 Å². The Kier molecular flexibility index (Phi) is 3.63. The Hall–Kier alpha value is -2.69. The van der Waals surface area contributed by atoms with Crippen LogP contribution in [0.1, 0.15) is 21.5 Å². The van der Waals surface area contributed by atoms with Gasteiger partial charge in [-0.15, -0.1) is 0 Å². The van der Waals surface area contributed by atoms with E-state index in [-0.39, 0.29) is 5.91 Å². The molecule has 114 valence electrons. The number of hydrogen-bond acceptors (Lipinski definition) is 4. The third-order valence-electron chi connectivity index (χ3n) is 3.89. The number of nitrogens with zero attached hydrogens (tertiary/aromatic N) is 1. The van der Waals surface area contributed by atoms with Gasteiger partial charge in [-0.2, -0.15) is 0 Å². The minimum Gasteiger partial charge on any atom is -0.497 e. The molecule has 0 bridgehead atoms. The first-order valence-corrected chi connectivity index (χ1v) is 7.01. The topological polar surface area (TPSA) is 64.8 Å². The minimum atomic E-state index is 0.00381. The molecular weight excluding hydrogens is 280 g/mol. The number of hydrogen-bond donors (Lipinski definition) is 1. The third-order valence-corrected chi connectivity index (χ3v) is 3.89. The molecular formula is C17H18N2O3. The fraction of sp³-hybridized carbons (Fsp3) is 0.235. The number of rotatable bonds is 4. The number of ether oxygens (including phenoxy) is 2. The van der Waals surface area contributed by atoms with Gasteiger partial charge in [0.2, 0.25) is 0 Å². The Balaban J connectivity index is 1.84. The minimum absolute atomic E-state index is 0.00381. The predicted octanol–water partition coefficient (Wildman–Crippen LogP) is 2.44. The Morgan fingerprint density at radius 1 is 1.09 bits per heavy atom. The molecule has 2 aromatic carbocycles. The predicted molar refractivity (Wildman–Crippen MR) is 84.0 cm³/mol. The van der Waals surface area contributed by atoms with E-state index in [1.54, 1.807) is 31.3 Å². The number of benzene rings is 2. The molecule has 1 heterocycles. The maximum Gasteiger partial charge on any atom is 0.254 e. The van der Waals surface area contributed by atoms with E-state index in [0.29, 0.717) is 30.1 Å². The quantitative estimate of drug-likeness (QED) is 0.881. The maximum absolute atomic E-state index is 12.5. The lowest BCUT2D eigenvalue weighted by Crippen LogP contribution is -2.23. The summed E-state index contributed by atoms with van der Waals surface area (Å²) in [5.74, 6) is 1.40. The van der Waals surface area contributed by atoms with Crippen LogP contribution in [0.25, 0.3) is 0 Å². The lowest BCUT2D eigenvalue weighted by atomic mass is 10.1. The third kappa shape index (κ3) is 2.35. The smallest absolute Gasteiger partial charge is 0.254 e. The molecule has 0 unspecified atom stereocenters. The average molecular weight is 298 g/mol. The molecule has 3 rings (SSSR count). The van der Waals surface area contributed by atoms with Gasteiger partial charge in [-0.3, -0.25) is 4.79 Å². The van der Waals surface area contributed by atoms with E-state index >= 15 is 0 Å². The highest BCUT2D eigenvalue weighted by Crippen LogP contribution is 2.36.